The first-order valence-electron chi connectivity index (χ1n) is 5.59. The number of unbranched alkanes of at least 4 members (excludes halogenated alkanes) is 1. The van der Waals surface area contributed by atoms with E-state index in [1.807, 2.05) is 0 Å². The molecule has 0 aliphatic carbocycles. The maximum absolute atomic E-state index is 11.6. The molecule has 3 heteroatoms. The van der Waals surface area contributed by atoms with Crippen LogP contribution in [0.5, 0.6) is 0 Å². The van der Waals surface area contributed by atoms with Crippen molar-refractivity contribution in [1.29, 1.82) is 0 Å². The minimum atomic E-state index is -0.955. The Morgan fingerprint density at radius 2 is 1.93 bits per heavy atom. The van der Waals surface area contributed by atoms with Crippen LogP contribution in [0.4, 0.5) is 0 Å². The third-order valence-electron chi connectivity index (χ3n) is 2.50. The second-order valence-electron chi connectivity index (χ2n) is 3.78. The van der Waals surface area contributed by atoms with Crippen molar-refractivity contribution in [3.63, 3.8) is 0 Å². The number of aliphatic hydroxyl groups excluding tert-OH is 1. The van der Waals surface area contributed by atoms with Gasteiger partial charge in [0, 0.05) is 12.5 Å². The van der Waals surface area contributed by atoms with Gasteiger partial charge in [-0.15, -0.1) is 0 Å². The highest BCUT2D eigenvalue weighted by Crippen LogP contribution is 2.17. The molecule has 2 atom stereocenters. The molecule has 3 nitrogen and oxygen atoms in total. The lowest BCUT2D eigenvalue weighted by Gasteiger charge is -2.17. The van der Waals surface area contributed by atoms with Gasteiger partial charge in [-0.3, -0.25) is 4.79 Å². The van der Waals surface area contributed by atoms with Gasteiger partial charge in [-0.05, 0) is 12.8 Å². The van der Waals surface area contributed by atoms with Gasteiger partial charge < -0.3 is 10.8 Å². The average Bonchev–Trinajstić information content (AvgIpc) is 2.22. The van der Waals surface area contributed by atoms with Crippen molar-refractivity contribution in [2.24, 2.45) is 11.7 Å². The smallest absolute Gasteiger partial charge is 0.165 e. The summed E-state index contributed by atoms with van der Waals surface area (Å²) < 4.78 is 0. The Morgan fingerprint density at radius 3 is 2.36 bits per heavy atom. The van der Waals surface area contributed by atoms with Crippen LogP contribution in [0.15, 0.2) is 0 Å². The standard InChI is InChI=1S/C11H23NO2/c1-3-5-7-9(6-4-2)11(14)10(13)8-12/h9-10,13H,3-8,12H2,1-2H3. The average molecular weight is 201 g/mol. The molecule has 0 aliphatic heterocycles. The van der Waals surface area contributed by atoms with Crippen molar-refractivity contribution >= 4 is 5.78 Å². The second kappa shape index (κ2) is 7.94. The van der Waals surface area contributed by atoms with Crippen LogP contribution in [0.1, 0.15) is 46.0 Å². The molecule has 0 saturated carbocycles. The molecular weight excluding hydrogens is 178 g/mol. The number of ketones is 1. The predicted molar refractivity (Wildman–Crippen MR) is 58.0 cm³/mol. The lowest BCUT2D eigenvalue weighted by Crippen LogP contribution is -2.34. The van der Waals surface area contributed by atoms with E-state index in [9.17, 15) is 9.90 Å². The molecule has 0 amide bonds. The van der Waals surface area contributed by atoms with Crippen molar-refractivity contribution in [1.82, 2.24) is 0 Å². The van der Waals surface area contributed by atoms with Gasteiger partial charge in [0.05, 0.1) is 0 Å². The zero-order chi connectivity index (χ0) is 11.0. The number of carbonyl (C=O) groups excluding carboxylic acids is 1. The van der Waals surface area contributed by atoms with Gasteiger partial charge in [-0.2, -0.15) is 0 Å². The third-order valence-corrected chi connectivity index (χ3v) is 2.50. The Labute approximate surface area is 86.7 Å². The second-order valence-corrected chi connectivity index (χ2v) is 3.78. The molecule has 0 bridgehead atoms. The summed E-state index contributed by atoms with van der Waals surface area (Å²) in [7, 11) is 0. The van der Waals surface area contributed by atoms with Gasteiger partial charge in [-0.25, -0.2) is 0 Å². The molecule has 0 rings (SSSR count). The van der Waals surface area contributed by atoms with Crippen molar-refractivity contribution in [3.05, 3.63) is 0 Å². The lowest BCUT2D eigenvalue weighted by atomic mass is 9.90. The van der Waals surface area contributed by atoms with E-state index in [1.165, 1.54) is 0 Å². The summed E-state index contributed by atoms with van der Waals surface area (Å²) in [5, 5.41) is 9.35. The molecule has 0 aromatic rings. The summed E-state index contributed by atoms with van der Waals surface area (Å²) in [6.45, 7) is 4.21. The number of rotatable bonds is 8. The Kier molecular flexibility index (Phi) is 7.71. The molecule has 0 radical (unpaired) electrons. The minimum absolute atomic E-state index is 0.0125. The molecule has 0 saturated heterocycles. The summed E-state index contributed by atoms with van der Waals surface area (Å²) in [5.41, 5.74) is 5.26. The Hall–Kier alpha value is -0.410. The lowest BCUT2D eigenvalue weighted by molar-refractivity contribution is -0.131. The van der Waals surface area contributed by atoms with Gasteiger partial charge in [0.1, 0.15) is 6.10 Å². The molecule has 0 spiro atoms. The third kappa shape index (κ3) is 4.72. The van der Waals surface area contributed by atoms with Gasteiger partial charge in [-0.1, -0.05) is 33.1 Å². The van der Waals surface area contributed by atoms with E-state index < -0.39 is 6.10 Å². The fraction of sp³-hybridized carbons (Fsp3) is 0.909. The van der Waals surface area contributed by atoms with Crippen LogP contribution >= 0.6 is 0 Å². The van der Waals surface area contributed by atoms with Crippen LogP contribution in [0, 0.1) is 5.92 Å². The Balaban J connectivity index is 4.10. The van der Waals surface area contributed by atoms with E-state index in [1.54, 1.807) is 0 Å². The van der Waals surface area contributed by atoms with E-state index in [2.05, 4.69) is 13.8 Å². The molecule has 0 aliphatic rings. The summed E-state index contributed by atoms with van der Waals surface area (Å²) in [6, 6.07) is 0. The largest absolute Gasteiger partial charge is 0.384 e. The molecule has 3 N–H and O–H groups in total. The normalized spacial score (nSPS) is 15.1. The van der Waals surface area contributed by atoms with Crippen molar-refractivity contribution in [2.75, 3.05) is 6.54 Å². The zero-order valence-electron chi connectivity index (χ0n) is 9.33. The fourth-order valence-corrected chi connectivity index (χ4v) is 1.62. The van der Waals surface area contributed by atoms with E-state index >= 15 is 0 Å². The van der Waals surface area contributed by atoms with E-state index in [0.29, 0.717) is 0 Å². The number of aliphatic hydroxyl groups is 1. The molecule has 0 aromatic heterocycles. The first-order valence-corrected chi connectivity index (χ1v) is 5.59. The molecule has 0 aromatic carbocycles. The SMILES string of the molecule is CCCCC(CCC)C(=O)C(O)CN. The van der Waals surface area contributed by atoms with Crippen LogP contribution in [-0.2, 0) is 4.79 Å². The summed E-state index contributed by atoms with van der Waals surface area (Å²) >= 11 is 0. The quantitative estimate of drug-likeness (QED) is 0.625. The summed E-state index contributed by atoms with van der Waals surface area (Å²) in [4.78, 5) is 11.6. The van der Waals surface area contributed by atoms with E-state index in [-0.39, 0.29) is 18.2 Å². The molecule has 0 fully saturated rings. The highest BCUT2D eigenvalue weighted by Gasteiger charge is 2.22. The first-order chi connectivity index (χ1) is 6.67. The zero-order valence-corrected chi connectivity index (χ0v) is 9.33. The van der Waals surface area contributed by atoms with Gasteiger partial charge in [0.25, 0.3) is 0 Å². The summed E-state index contributed by atoms with van der Waals surface area (Å²) in [5.74, 6) is -0.0544. The maximum Gasteiger partial charge on any atom is 0.165 e. The number of hydrogen-bond acceptors (Lipinski definition) is 3. The van der Waals surface area contributed by atoms with Crippen molar-refractivity contribution < 1.29 is 9.90 Å². The summed E-state index contributed by atoms with van der Waals surface area (Å²) in [6.07, 6.45) is 3.93. The van der Waals surface area contributed by atoms with Gasteiger partial charge in [0.2, 0.25) is 0 Å². The van der Waals surface area contributed by atoms with E-state index in [4.69, 9.17) is 5.73 Å². The first kappa shape index (κ1) is 13.6. The molecule has 14 heavy (non-hydrogen) atoms. The monoisotopic (exact) mass is 201 g/mol. The highest BCUT2D eigenvalue weighted by atomic mass is 16.3. The minimum Gasteiger partial charge on any atom is -0.384 e. The van der Waals surface area contributed by atoms with Crippen LogP contribution in [0.25, 0.3) is 0 Å². The highest BCUT2D eigenvalue weighted by molar-refractivity contribution is 5.85. The number of hydrogen-bond donors (Lipinski definition) is 2. The maximum atomic E-state index is 11.6. The van der Waals surface area contributed by atoms with E-state index in [0.717, 1.165) is 32.1 Å². The number of nitrogens with two attached hydrogens (primary N) is 1. The van der Waals surface area contributed by atoms with Crippen molar-refractivity contribution in [3.8, 4) is 0 Å². The Morgan fingerprint density at radius 1 is 1.29 bits per heavy atom. The predicted octanol–water partition coefficient (Wildman–Crippen LogP) is 1.48. The molecule has 2 unspecified atom stereocenters. The number of Topliss-reactive ketones (excluding diaryl/α,β-unsaturated/α-hetero) is 1. The van der Waals surface area contributed by atoms with Crippen LogP contribution in [0.2, 0.25) is 0 Å². The van der Waals surface area contributed by atoms with Gasteiger partial charge >= 0.3 is 0 Å². The van der Waals surface area contributed by atoms with Crippen molar-refractivity contribution in [2.45, 2.75) is 52.1 Å². The van der Waals surface area contributed by atoms with Gasteiger partial charge in [0.15, 0.2) is 5.78 Å². The molecular formula is C11H23NO2. The topological polar surface area (TPSA) is 63.3 Å². The number of carbonyl (C=O) groups is 1. The van der Waals surface area contributed by atoms with Crippen LogP contribution in [-0.4, -0.2) is 23.5 Å². The van der Waals surface area contributed by atoms with Crippen LogP contribution in [0.3, 0.4) is 0 Å². The fourth-order valence-electron chi connectivity index (χ4n) is 1.62. The van der Waals surface area contributed by atoms with Crippen LogP contribution < -0.4 is 5.73 Å². The molecule has 84 valence electrons. The Bertz CT molecular complexity index is 159. The molecule has 0 heterocycles.